The van der Waals surface area contributed by atoms with Crippen molar-refractivity contribution in [2.24, 2.45) is 5.73 Å². The van der Waals surface area contributed by atoms with Crippen LogP contribution in [-0.2, 0) is 6.42 Å². The largest absolute Gasteiger partial charge is 0.469 e. The number of aromatic nitrogens is 2. The number of rotatable bonds is 6. The van der Waals surface area contributed by atoms with Crippen LogP contribution in [0.15, 0.2) is 63.9 Å². The molecule has 146 valence electrons. The fraction of sp³-hybridized carbons (Fsp3) is 0.136. The third kappa shape index (κ3) is 3.89. The molecule has 3 N–H and O–H groups in total. The first-order valence-electron chi connectivity index (χ1n) is 9.12. The number of benzene rings is 1. The van der Waals surface area contributed by atoms with Crippen molar-refractivity contribution in [1.82, 2.24) is 9.97 Å². The van der Waals surface area contributed by atoms with Crippen LogP contribution in [0.5, 0.6) is 0 Å². The third-order valence-corrected chi connectivity index (χ3v) is 4.66. The topological polar surface area (TPSA) is 107 Å². The highest BCUT2D eigenvalue weighted by Gasteiger charge is 2.16. The van der Waals surface area contributed by atoms with E-state index < -0.39 is 5.91 Å². The number of furan rings is 2. The van der Waals surface area contributed by atoms with Gasteiger partial charge in [0.05, 0.1) is 6.26 Å². The predicted molar refractivity (Wildman–Crippen MR) is 109 cm³/mol. The van der Waals surface area contributed by atoms with Crippen molar-refractivity contribution in [2.45, 2.75) is 20.3 Å². The van der Waals surface area contributed by atoms with Crippen LogP contribution in [-0.4, -0.2) is 15.9 Å². The van der Waals surface area contributed by atoms with Gasteiger partial charge in [-0.15, -0.1) is 0 Å². The van der Waals surface area contributed by atoms with E-state index in [9.17, 15) is 4.79 Å². The van der Waals surface area contributed by atoms with Crippen LogP contribution in [0.3, 0.4) is 0 Å². The number of hydrogen-bond acceptors (Lipinski definition) is 6. The van der Waals surface area contributed by atoms with Gasteiger partial charge >= 0.3 is 0 Å². The Morgan fingerprint density at radius 3 is 2.52 bits per heavy atom. The highest BCUT2D eigenvalue weighted by atomic mass is 16.3. The van der Waals surface area contributed by atoms with Crippen LogP contribution in [0, 0.1) is 13.8 Å². The first kappa shape index (κ1) is 18.5. The van der Waals surface area contributed by atoms with Crippen molar-refractivity contribution >= 4 is 17.5 Å². The molecule has 0 atom stereocenters. The highest BCUT2D eigenvalue weighted by molar-refractivity contribution is 5.96. The van der Waals surface area contributed by atoms with Crippen LogP contribution in [0.1, 0.15) is 33.2 Å². The third-order valence-electron chi connectivity index (χ3n) is 4.66. The SMILES string of the molecule is Cc1ccc(Cc2c(Nc3ncc(-c4ccoc4C)cn3)cccc2C(N)=O)o1. The second-order valence-corrected chi connectivity index (χ2v) is 6.70. The molecule has 0 fully saturated rings. The van der Waals surface area contributed by atoms with Crippen molar-refractivity contribution in [1.29, 1.82) is 0 Å². The summed E-state index contributed by atoms with van der Waals surface area (Å²) in [6.45, 7) is 3.76. The Bertz CT molecular complexity index is 1160. The van der Waals surface area contributed by atoms with Gasteiger partial charge in [-0.2, -0.15) is 0 Å². The van der Waals surface area contributed by atoms with Gasteiger partial charge in [0.1, 0.15) is 17.3 Å². The van der Waals surface area contributed by atoms with E-state index in [1.807, 2.05) is 38.1 Å². The van der Waals surface area contributed by atoms with E-state index in [-0.39, 0.29) is 0 Å². The summed E-state index contributed by atoms with van der Waals surface area (Å²) in [7, 11) is 0. The zero-order valence-electron chi connectivity index (χ0n) is 16.1. The van der Waals surface area contributed by atoms with Gasteiger partial charge in [-0.05, 0) is 49.7 Å². The fourth-order valence-corrected chi connectivity index (χ4v) is 3.22. The average molecular weight is 388 g/mol. The molecule has 0 unspecified atom stereocenters. The lowest BCUT2D eigenvalue weighted by Gasteiger charge is -2.13. The second-order valence-electron chi connectivity index (χ2n) is 6.70. The molecule has 3 heterocycles. The maximum atomic E-state index is 12.0. The number of carbonyl (C=O) groups excluding carboxylic acids is 1. The summed E-state index contributed by atoms with van der Waals surface area (Å²) >= 11 is 0. The molecule has 7 heteroatoms. The summed E-state index contributed by atoms with van der Waals surface area (Å²) in [5.41, 5.74) is 9.24. The molecule has 0 aliphatic rings. The van der Waals surface area contributed by atoms with Gasteiger partial charge in [0.25, 0.3) is 0 Å². The van der Waals surface area contributed by atoms with Gasteiger partial charge in [0.2, 0.25) is 11.9 Å². The number of nitrogens with one attached hydrogen (secondary N) is 1. The van der Waals surface area contributed by atoms with Crippen LogP contribution in [0.25, 0.3) is 11.1 Å². The molecule has 4 aromatic rings. The minimum atomic E-state index is -0.501. The smallest absolute Gasteiger partial charge is 0.249 e. The standard InChI is InChI=1S/C22H20N4O3/c1-13-6-7-16(29-13)10-19-18(21(23)27)4-3-5-20(19)26-22-24-11-15(12-25-22)17-8-9-28-14(17)2/h3-9,11-12H,10H2,1-2H3,(H2,23,27)(H,24,25,26). The molecule has 0 saturated heterocycles. The first-order valence-corrected chi connectivity index (χ1v) is 9.12. The van der Waals surface area contributed by atoms with Gasteiger partial charge in [0.15, 0.2) is 0 Å². The van der Waals surface area contributed by atoms with Crippen LogP contribution in [0.2, 0.25) is 0 Å². The molecule has 0 spiro atoms. The molecule has 0 saturated carbocycles. The lowest BCUT2D eigenvalue weighted by Crippen LogP contribution is -2.15. The van der Waals surface area contributed by atoms with E-state index in [1.54, 1.807) is 30.8 Å². The molecule has 7 nitrogen and oxygen atoms in total. The molecular formula is C22H20N4O3. The molecule has 0 bridgehead atoms. The number of nitrogens with two attached hydrogens (primary N) is 1. The number of carbonyl (C=O) groups is 1. The molecule has 1 amide bonds. The molecule has 4 rings (SSSR count). The molecular weight excluding hydrogens is 368 g/mol. The van der Waals surface area contributed by atoms with Gasteiger partial charge in [0, 0.05) is 41.2 Å². The van der Waals surface area contributed by atoms with Crippen molar-refractivity contribution < 1.29 is 13.6 Å². The number of anilines is 2. The van der Waals surface area contributed by atoms with E-state index in [1.165, 1.54) is 0 Å². The summed E-state index contributed by atoms with van der Waals surface area (Å²) in [6.07, 6.45) is 5.50. The van der Waals surface area contributed by atoms with Gasteiger partial charge in [-0.1, -0.05) is 6.07 Å². The van der Waals surface area contributed by atoms with E-state index in [0.29, 0.717) is 23.6 Å². The predicted octanol–water partition coefficient (Wildman–Crippen LogP) is 4.38. The van der Waals surface area contributed by atoms with Crippen molar-refractivity contribution in [3.05, 3.63) is 83.5 Å². The zero-order chi connectivity index (χ0) is 20.4. The lowest BCUT2D eigenvalue weighted by atomic mass is 10.0. The van der Waals surface area contributed by atoms with Crippen molar-refractivity contribution in [3.8, 4) is 11.1 Å². The summed E-state index contributed by atoms with van der Waals surface area (Å²) in [4.78, 5) is 20.7. The molecule has 0 aliphatic carbocycles. The quantitative estimate of drug-likeness (QED) is 0.507. The van der Waals surface area contributed by atoms with Gasteiger partial charge in [-0.3, -0.25) is 4.79 Å². The Hall–Kier alpha value is -3.87. The van der Waals surface area contributed by atoms with Gasteiger partial charge < -0.3 is 19.9 Å². The van der Waals surface area contributed by atoms with Crippen LogP contribution >= 0.6 is 0 Å². The van der Waals surface area contributed by atoms with E-state index in [2.05, 4.69) is 15.3 Å². The molecule has 0 radical (unpaired) electrons. The highest BCUT2D eigenvalue weighted by Crippen LogP contribution is 2.27. The number of hydrogen-bond donors (Lipinski definition) is 2. The summed E-state index contributed by atoms with van der Waals surface area (Å²) in [6, 6.07) is 11.0. The Labute approximate surface area is 167 Å². The Morgan fingerprint density at radius 2 is 1.90 bits per heavy atom. The molecule has 3 aromatic heterocycles. The minimum absolute atomic E-state index is 0.411. The van der Waals surface area contributed by atoms with E-state index in [4.69, 9.17) is 14.6 Å². The van der Waals surface area contributed by atoms with Crippen molar-refractivity contribution in [2.75, 3.05) is 5.32 Å². The van der Waals surface area contributed by atoms with Gasteiger partial charge in [-0.25, -0.2) is 9.97 Å². The number of nitrogens with zero attached hydrogens (tertiary/aromatic N) is 2. The molecule has 0 aliphatic heterocycles. The Kier molecular flexibility index (Phi) is 4.87. The van der Waals surface area contributed by atoms with Crippen LogP contribution < -0.4 is 11.1 Å². The number of aryl methyl sites for hydroxylation is 2. The molecule has 29 heavy (non-hydrogen) atoms. The Balaban J connectivity index is 1.65. The maximum Gasteiger partial charge on any atom is 0.249 e. The van der Waals surface area contributed by atoms with Crippen molar-refractivity contribution in [3.63, 3.8) is 0 Å². The average Bonchev–Trinajstić information content (AvgIpc) is 3.31. The maximum absolute atomic E-state index is 12.0. The fourth-order valence-electron chi connectivity index (χ4n) is 3.22. The van der Waals surface area contributed by atoms with E-state index >= 15 is 0 Å². The second kappa shape index (κ2) is 7.63. The number of amides is 1. The first-order chi connectivity index (χ1) is 14.0. The monoisotopic (exact) mass is 388 g/mol. The zero-order valence-corrected chi connectivity index (χ0v) is 16.1. The summed E-state index contributed by atoms with van der Waals surface area (Å²) < 4.78 is 11.0. The van der Waals surface area contributed by atoms with Crippen LogP contribution in [0.4, 0.5) is 11.6 Å². The normalized spacial score (nSPS) is 10.8. The summed E-state index contributed by atoms with van der Waals surface area (Å²) in [5, 5.41) is 3.19. The van der Waals surface area contributed by atoms with E-state index in [0.717, 1.165) is 34.0 Å². The number of primary amides is 1. The molecule has 1 aromatic carbocycles. The lowest BCUT2D eigenvalue weighted by molar-refractivity contribution is 0.0999. The minimum Gasteiger partial charge on any atom is -0.469 e. The Morgan fingerprint density at radius 1 is 1.10 bits per heavy atom. The summed E-state index contributed by atoms with van der Waals surface area (Å²) in [5.74, 6) is 2.26.